The van der Waals surface area contributed by atoms with Crippen LogP contribution in [-0.4, -0.2) is 68.5 Å². The topological polar surface area (TPSA) is 174 Å². The van der Waals surface area contributed by atoms with Gasteiger partial charge in [-0.3, -0.25) is 14.5 Å². The molecule has 0 bridgehead atoms. The molecule has 0 aromatic carbocycles. The molecule has 2 atom stereocenters. The Balaban J connectivity index is 1.49. The van der Waals surface area contributed by atoms with Crippen molar-refractivity contribution in [1.29, 1.82) is 0 Å². The fourth-order valence-corrected chi connectivity index (χ4v) is 6.36. The van der Waals surface area contributed by atoms with Gasteiger partial charge in [0, 0.05) is 23.0 Å². The van der Waals surface area contributed by atoms with E-state index in [2.05, 4.69) is 15.5 Å². The van der Waals surface area contributed by atoms with Gasteiger partial charge in [0.1, 0.15) is 29.9 Å². The summed E-state index contributed by atoms with van der Waals surface area (Å²) >= 11 is 3.38. The number of amides is 2. The number of nitrogens with zero attached hydrogens (tertiary/aromatic N) is 4. The maximum Gasteiger partial charge on any atom is 0.352 e. The van der Waals surface area contributed by atoms with Gasteiger partial charge in [-0.05, 0) is 5.57 Å². The number of β-lactam (4-membered cyclic amide) rings is 1. The number of nitrogens with two attached hydrogens (primary N) is 1. The normalized spacial score (nSPS) is 19.8. The fourth-order valence-electron chi connectivity index (χ4n) is 3.42. The predicted molar refractivity (Wildman–Crippen MR) is 126 cm³/mol. The lowest BCUT2D eigenvalue weighted by molar-refractivity contribution is -0.607. The molecule has 0 spiro atoms. The first-order chi connectivity index (χ1) is 16.7. The lowest BCUT2D eigenvalue weighted by Gasteiger charge is -2.49. The number of thioether (sulfide) groups is 2. The molecule has 2 aliphatic heterocycles. The molecule has 35 heavy (non-hydrogen) atoms. The molecule has 0 unspecified atom stereocenters. The van der Waals surface area contributed by atoms with Gasteiger partial charge in [0.15, 0.2) is 17.0 Å². The number of oxime groups is 1. The molecule has 2 aromatic heterocycles. The molecule has 0 radical (unpaired) electrons. The zero-order valence-electron chi connectivity index (χ0n) is 17.8. The first-order valence-electron chi connectivity index (χ1n) is 9.75. The van der Waals surface area contributed by atoms with Crippen LogP contribution in [-0.2, 0) is 19.2 Å². The Kier molecular flexibility index (Phi) is 7.13. The summed E-state index contributed by atoms with van der Waals surface area (Å²) in [5.74, 6) is -3.04. The summed E-state index contributed by atoms with van der Waals surface area (Å²) in [6.45, 7) is 0. The summed E-state index contributed by atoms with van der Waals surface area (Å²) in [5.41, 5.74) is 5.82. The van der Waals surface area contributed by atoms with E-state index in [0.29, 0.717) is 10.3 Å². The Morgan fingerprint density at radius 3 is 2.94 bits per heavy atom. The highest BCUT2D eigenvalue weighted by molar-refractivity contribution is 8.01. The van der Waals surface area contributed by atoms with Crippen molar-refractivity contribution < 1.29 is 33.4 Å². The van der Waals surface area contributed by atoms with Crippen LogP contribution in [0.25, 0.3) is 0 Å². The molecular weight excluding hydrogens is 523 g/mol. The van der Waals surface area contributed by atoms with E-state index in [1.54, 1.807) is 0 Å². The van der Waals surface area contributed by atoms with Gasteiger partial charge in [-0.25, -0.2) is 9.78 Å². The Morgan fingerprint density at radius 1 is 1.54 bits per heavy atom. The number of carbonyl (C=O) groups is 3. The van der Waals surface area contributed by atoms with E-state index in [9.17, 15) is 29.1 Å². The van der Waals surface area contributed by atoms with Crippen LogP contribution in [0, 0.1) is 11.0 Å². The molecule has 1 saturated heterocycles. The number of hydrogen-bond acceptors (Lipinski definition) is 11. The molecule has 4 rings (SSSR count). The second kappa shape index (κ2) is 10.1. The number of carboxylic acids is 1. The van der Waals surface area contributed by atoms with E-state index in [1.165, 1.54) is 30.3 Å². The maximum atomic E-state index is 14.0. The first-order valence-corrected chi connectivity index (χ1v) is 12.7. The third-order valence-corrected chi connectivity index (χ3v) is 8.10. The van der Waals surface area contributed by atoms with E-state index in [-0.39, 0.29) is 38.6 Å². The quantitative estimate of drug-likeness (QED) is 0.106. The number of halogens is 1. The Bertz CT molecular complexity index is 1270. The minimum absolute atomic E-state index is 0.0951. The molecule has 16 heteroatoms. The number of thiazole rings is 1. The van der Waals surface area contributed by atoms with Crippen molar-refractivity contribution in [2.45, 2.75) is 16.3 Å². The number of anilines is 1. The summed E-state index contributed by atoms with van der Waals surface area (Å²) in [5, 5.41) is 28.3. The molecule has 1 fully saturated rings. The lowest BCUT2D eigenvalue weighted by atomic mass is 10.0. The fraction of sp³-hybridized carbons (Fsp3) is 0.263. The highest BCUT2D eigenvalue weighted by Crippen LogP contribution is 2.41. The van der Waals surface area contributed by atoms with Gasteiger partial charge in [-0.1, -0.05) is 5.16 Å². The van der Waals surface area contributed by atoms with Crippen molar-refractivity contribution in [1.82, 2.24) is 15.2 Å². The van der Waals surface area contributed by atoms with Crippen LogP contribution in [0.4, 0.5) is 9.52 Å². The van der Waals surface area contributed by atoms with E-state index >= 15 is 0 Å². The van der Waals surface area contributed by atoms with Gasteiger partial charge in [0.2, 0.25) is 12.0 Å². The molecule has 2 aliphatic rings. The van der Waals surface area contributed by atoms with Gasteiger partial charge in [-0.15, -0.1) is 34.9 Å². The smallest absolute Gasteiger partial charge is 0.352 e. The molecule has 184 valence electrons. The Morgan fingerprint density at radius 2 is 2.31 bits per heavy atom. The van der Waals surface area contributed by atoms with E-state index in [1.807, 2.05) is 0 Å². The third-order valence-electron chi connectivity index (χ3n) is 4.95. The Labute approximate surface area is 209 Å². The third kappa shape index (κ3) is 4.89. The number of aromatic nitrogens is 2. The number of carboxylic acid groups (broad SMARTS) is 1. The zero-order valence-corrected chi connectivity index (χ0v) is 20.3. The second-order valence-corrected chi connectivity index (χ2v) is 10.1. The minimum Gasteiger partial charge on any atom is -0.619 e. The van der Waals surface area contributed by atoms with Crippen LogP contribution in [0.2, 0.25) is 0 Å². The van der Waals surface area contributed by atoms with Crippen molar-refractivity contribution in [3.8, 4) is 0 Å². The Hall–Kier alpha value is -3.37. The van der Waals surface area contributed by atoms with Crippen molar-refractivity contribution in [2.24, 2.45) is 5.16 Å². The summed E-state index contributed by atoms with van der Waals surface area (Å²) in [6.07, 6.45) is 1.91. The highest BCUT2D eigenvalue weighted by Gasteiger charge is 2.54. The van der Waals surface area contributed by atoms with Crippen LogP contribution >= 0.6 is 34.9 Å². The van der Waals surface area contributed by atoms with Gasteiger partial charge in [0.05, 0.1) is 4.90 Å². The van der Waals surface area contributed by atoms with Crippen LogP contribution in [0.3, 0.4) is 0 Å². The number of hydrogen-bond donors (Lipinski definition) is 3. The monoisotopic (exact) mass is 540 g/mol. The molecule has 0 aliphatic carbocycles. The first kappa shape index (κ1) is 24.7. The van der Waals surface area contributed by atoms with E-state index in [0.717, 1.165) is 40.4 Å². The second-order valence-electron chi connectivity index (χ2n) is 7.12. The minimum atomic E-state index is -1.31. The number of nitrogen functional groups attached to an aromatic ring is 1. The number of fused-ring (bicyclic) bond motifs is 1. The van der Waals surface area contributed by atoms with Crippen molar-refractivity contribution in [3.05, 3.63) is 51.8 Å². The number of nitrogens with one attached hydrogen (secondary N) is 1. The largest absolute Gasteiger partial charge is 0.619 e. The average Bonchev–Trinajstić information content (AvgIpc) is 3.25. The maximum absolute atomic E-state index is 14.0. The van der Waals surface area contributed by atoms with Crippen molar-refractivity contribution in [3.63, 3.8) is 0 Å². The zero-order chi connectivity index (χ0) is 25.3. The van der Waals surface area contributed by atoms with Gasteiger partial charge >= 0.3 is 5.97 Å². The van der Waals surface area contributed by atoms with Crippen molar-refractivity contribution in [2.75, 3.05) is 24.3 Å². The van der Waals surface area contributed by atoms with Gasteiger partial charge < -0.3 is 26.2 Å². The van der Waals surface area contributed by atoms with E-state index < -0.39 is 35.0 Å². The molecule has 12 nitrogen and oxygen atoms in total. The number of aliphatic carboxylic acids is 1. The molecule has 4 heterocycles. The molecule has 4 N–H and O–H groups in total. The highest BCUT2D eigenvalue weighted by atomic mass is 32.2. The molecule has 0 saturated carbocycles. The summed E-state index contributed by atoms with van der Waals surface area (Å²) < 4.78 is 14.3. The number of pyridine rings is 1. The molecular formula is C19H17FN6O6S3. The summed E-state index contributed by atoms with van der Waals surface area (Å²) in [4.78, 5) is 47.7. The molecule has 2 amide bonds. The molecule has 2 aromatic rings. The van der Waals surface area contributed by atoms with Gasteiger partial charge in [0.25, 0.3) is 11.8 Å². The number of carbonyl (C=O) groups excluding carboxylic acids is 2. The van der Waals surface area contributed by atoms with E-state index in [4.69, 9.17) is 10.6 Å². The van der Waals surface area contributed by atoms with Crippen LogP contribution < -0.4 is 15.8 Å². The van der Waals surface area contributed by atoms with Gasteiger partial charge in [-0.2, -0.15) is 9.12 Å². The standard InChI is InChI=1S/C19H17FN6O6S3/c1-32-24-12(10-7-35-19(21)22-10)15(27)23-13-16(28)26-14(18(29)30)8(6-34-17(13)26)5-33-11-2-3-25(31)4-9(11)20/h2-4,7,13,17H,5-6H2,1H3,(H2,21,22)(H,23,27)(H,29,30)/b24-12-/t13-,17-/m1/s1. The van der Waals surface area contributed by atoms with Crippen LogP contribution in [0.1, 0.15) is 5.69 Å². The average molecular weight is 541 g/mol. The number of rotatable bonds is 8. The summed E-state index contributed by atoms with van der Waals surface area (Å²) in [7, 11) is 1.25. The van der Waals surface area contributed by atoms with Crippen LogP contribution in [0.15, 0.2) is 45.2 Å². The summed E-state index contributed by atoms with van der Waals surface area (Å²) in [6, 6.07) is 0.301. The van der Waals surface area contributed by atoms with Crippen molar-refractivity contribution >= 4 is 63.5 Å². The van der Waals surface area contributed by atoms with Crippen LogP contribution in [0.5, 0.6) is 0 Å². The lowest BCUT2D eigenvalue weighted by Crippen LogP contribution is -2.71. The SMILES string of the molecule is CO/N=C(\C(=O)N[C@@H]1C(=O)N2C(C(=O)O)=C(CSc3cc[n+]([O-])cc3F)CS[C@H]12)c1csc(N)n1. The predicted octanol–water partition coefficient (Wildman–Crippen LogP) is 0.379.